The fourth-order valence-electron chi connectivity index (χ4n) is 1.78. The highest BCUT2D eigenvalue weighted by molar-refractivity contribution is 9.10. The van der Waals surface area contributed by atoms with Gasteiger partial charge in [-0.1, -0.05) is 28.1 Å². The van der Waals surface area contributed by atoms with E-state index in [2.05, 4.69) is 21.2 Å². The predicted octanol–water partition coefficient (Wildman–Crippen LogP) is 3.05. The van der Waals surface area contributed by atoms with Gasteiger partial charge in [0.15, 0.2) is 6.20 Å². The zero-order chi connectivity index (χ0) is 15.2. The summed E-state index contributed by atoms with van der Waals surface area (Å²) in [6.07, 6.45) is 1.42. The maximum Gasteiger partial charge on any atom is 0.251 e. The van der Waals surface area contributed by atoms with Crippen molar-refractivity contribution in [2.75, 3.05) is 5.75 Å². The first-order valence-electron chi connectivity index (χ1n) is 6.42. The van der Waals surface area contributed by atoms with Crippen LogP contribution in [0.15, 0.2) is 58.2 Å². The Hall–Kier alpha value is -1.53. The molecule has 0 saturated carbocycles. The summed E-state index contributed by atoms with van der Waals surface area (Å²) in [5, 5.41) is 14.9. The van der Waals surface area contributed by atoms with Crippen LogP contribution in [0.3, 0.4) is 0 Å². The average Bonchev–Trinajstić information content (AvgIpc) is 2.47. The molecule has 1 atom stereocenters. The summed E-state index contributed by atoms with van der Waals surface area (Å²) in [7, 11) is 0. The van der Waals surface area contributed by atoms with Gasteiger partial charge in [-0.3, -0.25) is 4.79 Å². The second-order valence-corrected chi connectivity index (χ2v) is 6.41. The third-order valence-electron chi connectivity index (χ3n) is 2.89. The highest BCUT2D eigenvalue weighted by atomic mass is 79.9. The van der Waals surface area contributed by atoms with E-state index in [9.17, 15) is 10.0 Å². The van der Waals surface area contributed by atoms with E-state index in [0.717, 1.165) is 14.8 Å². The standard InChI is InChI=1S/C15H15BrN2O2S/c1-11(12-5-7-13(16)8-6-12)17-14(19)10-21-15-4-2-3-9-18(15)20/h2-9,11H,10H2,1H3,(H,17,19)/t11-/m0/s1. The molecule has 1 amide bonds. The Morgan fingerprint density at radius 2 is 2.05 bits per heavy atom. The van der Waals surface area contributed by atoms with Crippen LogP contribution in [0.4, 0.5) is 0 Å². The van der Waals surface area contributed by atoms with Crippen molar-refractivity contribution < 1.29 is 9.52 Å². The molecule has 0 unspecified atom stereocenters. The number of amides is 1. The zero-order valence-corrected chi connectivity index (χ0v) is 13.9. The van der Waals surface area contributed by atoms with E-state index in [1.54, 1.807) is 18.2 Å². The van der Waals surface area contributed by atoms with E-state index in [1.165, 1.54) is 18.0 Å². The summed E-state index contributed by atoms with van der Waals surface area (Å²) in [6, 6.07) is 12.9. The van der Waals surface area contributed by atoms with Crippen molar-refractivity contribution in [2.24, 2.45) is 0 Å². The molecule has 0 spiro atoms. The molecule has 2 rings (SSSR count). The van der Waals surface area contributed by atoms with E-state index in [4.69, 9.17) is 0 Å². The lowest BCUT2D eigenvalue weighted by molar-refractivity contribution is -0.645. The molecule has 2 aromatic rings. The number of nitrogens with one attached hydrogen (secondary N) is 1. The molecule has 0 aliphatic rings. The van der Waals surface area contributed by atoms with Crippen LogP contribution >= 0.6 is 27.7 Å². The van der Waals surface area contributed by atoms with Gasteiger partial charge in [-0.15, -0.1) is 0 Å². The second-order valence-electron chi connectivity index (χ2n) is 4.49. The fraction of sp³-hybridized carbons (Fsp3) is 0.200. The molecule has 1 aromatic carbocycles. The highest BCUT2D eigenvalue weighted by Crippen LogP contribution is 2.17. The maximum absolute atomic E-state index is 11.9. The Labute approximate surface area is 136 Å². The van der Waals surface area contributed by atoms with E-state index < -0.39 is 0 Å². The van der Waals surface area contributed by atoms with Gasteiger partial charge in [0.25, 0.3) is 5.03 Å². The molecule has 6 heteroatoms. The van der Waals surface area contributed by atoms with Gasteiger partial charge in [0.1, 0.15) is 0 Å². The van der Waals surface area contributed by atoms with Crippen LogP contribution in [0.2, 0.25) is 0 Å². The van der Waals surface area contributed by atoms with Gasteiger partial charge in [-0.25, -0.2) is 0 Å². The summed E-state index contributed by atoms with van der Waals surface area (Å²) in [4.78, 5) is 11.9. The molecular formula is C15H15BrN2O2S. The smallest absolute Gasteiger partial charge is 0.251 e. The van der Waals surface area contributed by atoms with E-state index >= 15 is 0 Å². The fourth-order valence-corrected chi connectivity index (χ4v) is 2.77. The van der Waals surface area contributed by atoms with Gasteiger partial charge in [-0.2, -0.15) is 4.73 Å². The predicted molar refractivity (Wildman–Crippen MR) is 86.8 cm³/mol. The lowest BCUT2D eigenvalue weighted by Gasteiger charge is -2.14. The Morgan fingerprint density at radius 1 is 1.33 bits per heavy atom. The number of halogens is 1. The molecular weight excluding hydrogens is 352 g/mol. The van der Waals surface area contributed by atoms with Gasteiger partial charge in [-0.05, 0) is 42.4 Å². The van der Waals surface area contributed by atoms with Crippen molar-refractivity contribution in [3.8, 4) is 0 Å². The first-order valence-corrected chi connectivity index (χ1v) is 8.20. The minimum absolute atomic E-state index is 0.0682. The van der Waals surface area contributed by atoms with E-state index in [1.807, 2.05) is 31.2 Å². The molecule has 0 radical (unpaired) electrons. The van der Waals surface area contributed by atoms with Crippen molar-refractivity contribution in [1.82, 2.24) is 5.32 Å². The summed E-state index contributed by atoms with van der Waals surface area (Å²) in [5.74, 6) is 0.118. The third kappa shape index (κ3) is 4.75. The number of benzene rings is 1. The number of hydrogen-bond acceptors (Lipinski definition) is 3. The van der Waals surface area contributed by atoms with Gasteiger partial charge >= 0.3 is 0 Å². The van der Waals surface area contributed by atoms with Crippen molar-refractivity contribution in [1.29, 1.82) is 0 Å². The number of pyridine rings is 1. The number of thioether (sulfide) groups is 1. The molecule has 1 heterocycles. The van der Waals surface area contributed by atoms with Crippen LogP contribution < -0.4 is 10.0 Å². The number of rotatable bonds is 5. The molecule has 0 bridgehead atoms. The largest absolute Gasteiger partial charge is 0.618 e. The number of nitrogens with zero attached hydrogens (tertiary/aromatic N) is 1. The van der Waals surface area contributed by atoms with Gasteiger partial charge in [0.05, 0.1) is 11.8 Å². The van der Waals surface area contributed by atoms with Crippen molar-refractivity contribution in [2.45, 2.75) is 18.0 Å². The number of carbonyl (C=O) groups is 1. The van der Waals surface area contributed by atoms with Crippen molar-refractivity contribution in [3.05, 3.63) is 63.9 Å². The van der Waals surface area contributed by atoms with Crippen molar-refractivity contribution in [3.63, 3.8) is 0 Å². The quantitative estimate of drug-likeness (QED) is 0.502. The number of carbonyl (C=O) groups excluding carboxylic acids is 1. The summed E-state index contributed by atoms with van der Waals surface area (Å²) < 4.78 is 1.76. The Bertz CT molecular complexity index is 619. The first-order chi connectivity index (χ1) is 10.1. The van der Waals surface area contributed by atoms with Crippen LogP contribution in [0.5, 0.6) is 0 Å². The van der Waals surface area contributed by atoms with Gasteiger partial charge in [0.2, 0.25) is 5.91 Å². The third-order valence-corrected chi connectivity index (χ3v) is 4.43. The molecule has 1 aromatic heterocycles. The Morgan fingerprint density at radius 3 is 2.71 bits per heavy atom. The minimum Gasteiger partial charge on any atom is -0.618 e. The van der Waals surface area contributed by atoms with Crippen LogP contribution in [-0.2, 0) is 4.79 Å². The van der Waals surface area contributed by atoms with Crippen LogP contribution in [0, 0.1) is 5.21 Å². The zero-order valence-electron chi connectivity index (χ0n) is 11.5. The molecule has 0 aliphatic carbocycles. The summed E-state index contributed by atoms with van der Waals surface area (Å²) in [5.41, 5.74) is 1.04. The highest BCUT2D eigenvalue weighted by Gasteiger charge is 2.12. The molecule has 0 saturated heterocycles. The molecule has 110 valence electrons. The normalized spacial score (nSPS) is 11.9. The molecule has 0 fully saturated rings. The Kier molecular flexibility index (Phi) is 5.64. The van der Waals surface area contributed by atoms with Crippen LogP contribution in [0.25, 0.3) is 0 Å². The molecule has 1 N–H and O–H groups in total. The van der Waals surface area contributed by atoms with Crippen LogP contribution in [0.1, 0.15) is 18.5 Å². The van der Waals surface area contributed by atoms with E-state index in [0.29, 0.717) is 5.03 Å². The Balaban J connectivity index is 1.87. The topological polar surface area (TPSA) is 56.0 Å². The van der Waals surface area contributed by atoms with Crippen molar-refractivity contribution >= 4 is 33.6 Å². The number of hydrogen-bond donors (Lipinski definition) is 1. The second kappa shape index (κ2) is 7.47. The SMILES string of the molecule is C[C@H](NC(=O)CSc1cccc[n+]1[O-])c1ccc(Br)cc1. The van der Waals surface area contributed by atoms with E-state index in [-0.39, 0.29) is 17.7 Å². The minimum atomic E-state index is -0.0979. The maximum atomic E-state index is 11.9. The monoisotopic (exact) mass is 366 g/mol. The first kappa shape index (κ1) is 15.9. The number of aromatic nitrogens is 1. The van der Waals surface area contributed by atoms with Gasteiger partial charge in [0, 0.05) is 16.6 Å². The molecule has 0 aliphatic heterocycles. The van der Waals surface area contributed by atoms with Crippen LogP contribution in [-0.4, -0.2) is 11.7 Å². The average molecular weight is 367 g/mol. The van der Waals surface area contributed by atoms with Gasteiger partial charge < -0.3 is 10.5 Å². The summed E-state index contributed by atoms with van der Waals surface area (Å²) in [6.45, 7) is 1.93. The molecule has 21 heavy (non-hydrogen) atoms. The summed E-state index contributed by atoms with van der Waals surface area (Å²) >= 11 is 4.61. The molecule has 4 nitrogen and oxygen atoms in total. The lowest BCUT2D eigenvalue weighted by Crippen LogP contribution is -2.31. The lowest BCUT2D eigenvalue weighted by atomic mass is 10.1.